The molecule has 5 nitrogen and oxygen atoms in total. The van der Waals surface area contributed by atoms with Gasteiger partial charge in [0.05, 0.1) is 12.3 Å². The third kappa shape index (κ3) is 4.61. The van der Waals surface area contributed by atoms with E-state index < -0.39 is 27.6 Å². The van der Waals surface area contributed by atoms with E-state index in [2.05, 4.69) is 25.4 Å². The second-order valence-corrected chi connectivity index (χ2v) is 5.87. The quantitative estimate of drug-likeness (QED) is 0.831. The van der Waals surface area contributed by atoms with Gasteiger partial charge in [0.15, 0.2) is 5.75 Å². The number of hydrogen-bond donors (Lipinski definition) is 1. The third-order valence-corrected chi connectivity index (χ3v) is 3.61. The molecule has 1 rings (SSSR count). The summed E-state index contributed by atoms with van der Waals surface area (Å²) >= 11 is 3.01. The Balaban J connectivity index is 2.79. The Morgan fingerprint density at radius 1 is 1.50 bits per heavy atom. The number of carbonyl (C=O) groups is 1. The minimum Gasteiger partial charge on any atom is -0.465 e. The van der Waals surface area contributed by atoms with Gasteiger partial charge in [0.2, 0.25) is 10.0 Å². The molecule has 1 aromatic carbocycles. The van der Waals surface area contributed by atoms with Gasteiger partial charge in [-0.3, -0.25) is 9.52 Å². The summed E-state index contributed by atoms with van der Waals surface area (Å²) in [5.74, 6) is -2.14. The second-order valence-electron chi connectivity index (χ2n) is 3.29. The molecular weight excluding hydrogens is 329 g/mol. The van der Waals surface area contributed by atoms with Crippen molar-refractivity contribution in [2.24, 2.45) is 0 Å². The Labute approximate surface area is 113 Å². The van der Waals surface area contributed by atoms with Crippen LogP contribution in [0.5, 0.6) is 0 Å². The van der Waals surface area contributed by atoms with E-state index in [9.17, 15) is 17.6 Å². The van der Waals surface area contributed by atoms with E-state index in [4.69, 9.17) is 0 Å². The molecule has 0 fully saturated rings. The molecule has 0 radical (unpaired) electrons. The normalized spacial score (nSPS) is 11.1. The van der Waals surface area contributed by atoms with Gasteiger partial charge >= 0.3 is 5.97 Å². The van der Waals surface area contributed by atoms with Crippen LogP contribution < -0.4 is 4.72 Å². The summed E-state index contributed by atoms with van der Waals surface area (Å²) in [4.78, 5) is 11.1. The van der Waals surface area contributed by atoms with Crippen LogP contribution in [0, 0.1) is 5.82 Å². The van der Waals surface area contributed by atoms with E-state index in [1.807, 2.05) is 0 Å². The fraction of sp³-hybridized carbons (Fsp3) is 0.300. The first kappa shape index (κ1) is 14.9. The number of benzene rings is 1. The number of hydrogen-bond acceptors (Lipinski definition) is 4. The van der Waals surface area contributed by atoms with E-state index in [-0.39, 0.29) is 16.8 Å². The highest BCUT2D eigenvalue weighted by Gasteiger charge is 2.18. The van der Waals surface area contributed by atoms with Gasteiger partial charge < -0.3 is 4.74 Å². The van der Waals surface area contributed by atoms with Crippen molar-refractivity contribution < 1.29 is 22.3 Å². The van der Waals surface area contributed by atoms with Gasteiger partial charge in [-0.15, -0.1) is 0 Å². The Kier molecular flexibility index (Phi) is 5.09. The predicted molar refractivity (Wildman–Crippen MR) is 68.1 cm³/mol. The van der Waals surface area contributed by atoms with Crippen LogP contribution in [0.3, 0.4) is 0 Å². The van der Waals surface area contributed by atoms with Gasteiger partial charge in [-0.25, -0.2) is 12.8 Å². The van der Waals surface area contributed by atoms with Crippen molar-refractivity contribution >= 4 is 37.6 Å². The average Bonchev–Trinajstić information content (AvgIpc) is 2.21. The molecule has 8 heteroatoms. The van der Waals surface area contributed by atoms with Gasteiger partial charge in [0.1, 0.15) is 5.82 Å². The molecule has 0 atom stereocenters. The molecule has 0 amide bonds. The highest BCUT2D eigenvalue weighted by molar-refractivity contribution is 9.10. The zero-order chi connectivity index (χ0) is 13.8. The number of carbonyl (C=O) groups excluding carboxylic acids is 1. The van der Waals surface area contributed by atoms with Gasteiger partial charge in [-0.2, -0.15) is 0 Å². The Bertz CT molecular complexity index is 547. The largest absolute Gasteiger partial charge is 0.465 e. The summed E-state index contributed by atoms with van der Waals surface area (Å²) in [5.41, 5.74) is 0.153. The van der Waals surface area contributed by atoms with E-state index in [1.165, 1.54) is 6.07 Å². The fourth-order valence-electron chi connectivity index (χ4n) is 1.13. The molecule has 0 aliphatic heterocycles. The van der Waals surface area contributed by atoms with E-state index in [0.717, 1.165) is 12.1 Å². The van der Waals surface area contributed by atoms with Crippen molar-refractivity contribution in [3.8, 4) is 0 Å². The van der Waals surface area contributed by atoms with Crippen molar-refractivity contribution in [2.45, 2.75) is 6.92 Å². The molecule has 0 heterocycles. The van der Waals surface area contributed by atoms with Crippen LogP contribution in [-0.4, -0.2) is 26.7 Å². The number of nitrogens with one attached hydrogen (secondary N) is 1. The van der Waals surface area contributed by atoms with Crippen LogP contribution in [0.1, 0.15) is 6.92 Å². The SMILES string of the molecule is CCOC(=O)CS(=O)(=O)Nc1ccc(F)cc1Br. The van der Waals surface area contributed by atoms with Crippen molar-refractivity contribution in [3.63, 3.8) is 0 Å². The summed E-state index contributed by atoms with van der Waals surface area (Å²) in [6.07, 6.45) is 0. The highest BCUT2D eigenvalue weighted by atomic mass is 79.9. The van der Waals surface area contributed by atoms with Crippen LogP contribution >= 0.6 is 15.9 Å². The van der Waals surface area contributed by atoms with Crippen LogP contribution in [0.25, 0.3) is 0 Å². The van der Waals surface area contributed by atoms with Crippen LogP contribution in [-0.2, 0) is 19.6 Å². The first-order valence-corrected chi connectivity index (χ1v) is 7.39. The van der Waals surface area contributed by atoms with Crippen molar-refractivity contribution in [1.82, 2.24) is 0 Å². The Hall–Kier alpha value is -1.15. The Morgan fingerprint density at radius 3 is 2.72 bits per heavy atom. The number of esters is 1. The topological polar surface area (TPSA) is 72.5 Å². The molecule has 1 aromatic rings. The highest BCUT2D eigenvalue weighted by Crippen LogP contribution is 2.24. The lowest BCUT2D eigenvalue weighted by Crippen LogP contribution is -2.24. The standard InChI is InChI=1S/C10H11BrFNO4S/c1-2-17-10(14)6-18(15,16)13-9-4-3-7(12)5-8(9)11/h3-5,13H,2,6H2,1H3. The molecule has 0 aromatic heterocycles. The van der Waals surface area contributed by atoms with E-state index in [1.54, 1.807) is 6.92 Å². The molecule has 0 spiro atoms. The number of sulfonamides is 1. The lowest BCUT2D eigenvalue weighted by atomic mass is 10.3. The van der Waals surface area contributed by atoms with Gasteiger partial charge in [-0.05, 0) is 41.1 Å². The lowest BCUT2D eigenvalue weighted by molar-refractivity contribution is -0.139. The molecule has 0 aliphatic rings. The van der Waals surface area contributed by atoms with Crippen molar-refractivity contribution in [2.75, 3.05) is 17.1 Å². The summed E-state index contributed by atoms with van der Waals surface area (Å²) in [6, 6.07) is 3.47. The second kappa shape index (κ2) is 6.14. The van der Waals surface area contributed by atoms with Gasteiger partial charge in [-0.1, -0.05) is 0 Å². The smallest absolute Gasteiger partial charge is 0.323 e. The number of halogens is 2. The average molecular weight is 340 g/mol. The predicted octanol–water partition coefficient (Wildman–Crippen LogP) is 1.89. The van der Waals surface area contributed by atoms with Crippen LogP contribution in [0.4, 0.5) is 10.1 Å². The van der Waals surface area contributed by atoms with E-state index in [0.29, 0.717) is 0 Å². The fourth-order valence-corrected chi connectivity index (χ4v) is 2.69. The maximum Gasteiger partial charge on any atom is 0.323 e. The van der Waals surface area contributed by atoms with Crippen molar-refractivity contribution in [1.29, 1.82) is 0 Å². The molecule has 0 bridgehead atoms. The minimum atomic E-state index is -3.87. The minimum absolute atomic E-state index is 0.106. The molecule has 18 heavy (non-hydrogen) atoms. The zero-order valence-electron chi connectivity index (χ0n) is 9.44. The first-order chi connectivity index (χ1) is 8.34. The molecule has 1 N–H and O–H groups in total. The van der Waals surface area contributed by atoms with Gasteiger partial charge in [0, 0.05) is 4.47 Å². The summed E-state index contributed by atoms with van der Waals surface area (Å²) < 4.78 is 42.9. The van der Waals surface area contributed by atoms with Crippen LogP contribution in [0.2, 0.25) is 0 Å². The monoisotopic (exact) mass is 339 g/mol. The summed E-state index contributed by atoms with van der Waals surface area (Å²) in [6.45, 7) is 1.68. The molecule has 0 saturated heterocycles. The number of rotatable bonds is 5. The van der Waals surface area contributed by atoms with E-state index >= 15 is 0 Å². The molecule has 100 valence electrons. The Morgan fingerprint density at radius 2 is 2.17 bits per heavy atom. The third-order valence-electron chi connectivity index (χ3n) is 1.81. The molecule has 0 unspecified atom stereocenters. The number of anilines is 1. The molecular formula is C10H11BrFNO4S. The summed E-state index contributed by atoms with van der Waals surface area (Å²) in [7, 11) is -3.87. The van der Waals surface area contributed by atoms with Crippen molar-refractivity contribution in [3.05, 3.63) is 28.5 Å². The maximum atomic E-state index is 12.8. The summed E-state index contributed by atoms with van der Waals surface area (Å²) in [5, 5.41) is 0. The molecule has 0 saturated carbocycles. The first-order valence-electron chi connectivity index (χ1n) is 4.95. The lowest BCUT2D eigenvalue weighted by Gasteiger charge is -2.09. The van der Waals surface area contributed by atoms with Crippen LogP contribution in [0.15, 0.2) is 22.7 Å². The molecule has 0 aliphatic carbocycles. The number of ether oxygens (including phenoxy) is 1. The maximum absolute atomic E-state index is 12.8. The van der Waals surface area contributed by atoms with Gasteiger partial charge in [0.25, 0.3) is 0 Å². The zero-order valence-corrected chi connectivity index (χ0v) is 11.8.